The third-order valence-corrected chi connectivity index (χ3v) is 3.99. The maximum atomic E-state index is 13.7. The average Bonchev–Trinajstić information content (AvgIpc) is 2.44. The van der Waals surface area contributed by atoms with Gasteiger partial charge >= 0.3 is 0 Å². The quantitative estimate of drug-likeness (QED) is 0.820. The Hall–Kier alpha value is -1.29. The van der Waals surface area contributed by atoms with Gasteiger partial charge < -0.3 is 4.74 Å². The number of hydrogen-bond donors (Lipinski definition) is 0. The van der Waals surface area contributed by atoms with Crippen molar-refractivity contribution >= 4 is 5.78 Å². The van der Waals surface area contributed by atoms with Crippen molar-refractivity contribution in [2.45, 2.75) is 51.0 Å². The Morgan fingerprint density at radius 1 is 1.20 bits per heavy atom. The molecule has 0 heterocycles. The molecule has 0 unspecified atom stereocenters. The highest BCUT2D eigenvalue weighted by Crippen LogP contribution is 2.34. The summed E-state index contributed by atoms with van der Waals surface area (Å²) >= 11 is 0. The van der Waals surface area contributed by atoms with E-state index in [0.717, 1.165) is 19.3 Å². The van der Waals surface area contributed by atoms with Gasteiger partial charge in [-0.3, -0.25) is 4.79 Å². The van der Waals surface area contributed by atoms with Crippen molar-refractivity contribution in [3.8, 4) is 0 Å². The summed E-state index contributed by atoms with van der Waals surface area (Å²) in [6.07, 6.45) is 3.98. The minimum atomic E-state index is -0.846. The molecule has 110 valence electrons. The van der Waals surface area contributed by atoms with E-state index < -0.39 is 17.2 Å². The highest BCUT2D eigenvalue weighted by molar-refractivity contribution is 5.89. The number of hydrogen-bond acceptors (Lipinski definition) is 2. The van der Waals surface area contributed by atoms with Gasteiger partial charge in [-0.15, -0.1) is 0 Å². The van der Waals surface area contributed by atoms with Crippen LogP contribution in [0.3, 0.4) is 0 Å². The standard InChI is InChI=1S/C16H20F2O2/c1-2-20-16(9-4-3-5-10-16)15(19)11-12-13(17)7-6-8-14(12)18/h6-8H,2-5,9-11H2,1H3. The van der Waals surface area contributed by atoms with Crippen molar-refractivity contribution in [1.29, 1.82) is 0 Å². The van der Waals surface area contributed by atoms with E-state index in [1.807, 2.05) is 6.92 Å². The SMILES string of the molecule is CCOC1(C(=O)Cc2c(F)cccc2F)CCCCC1. The van der Waals surface area contributed by atoms with Gasteiger partial charge in [0.05, 0.1) is 0 Å². The third kappa shape index (κ3) is 3.06. The number of carbonyl (C=O) groups excluding carboxylic acids is 1. The van der Waals surface area contributed by atoms with Gasteiger partial charge in [0, 0.05) is 18.6 Å². The molecule has 20 heavy (non-hydrogen) atoms. The Morgan fingerprint density at radius 3 is 2.35 bits per heavy atom. The van der Waals surface area contributed by atoms with E-state index in [1.54, 1.807) is 0 Å². The van der Waals surface area contributed by atoms with Gasteiger partial charge in [0.15, 0.2) is 5.78 Å². The van der Waals surface area contributed by atoms with E-state index in [0.29, 0.717) is 19.4 Å². The van der Waals surface area contributed by atoms with Gasteiger partial charge in [-0.05, 0) is 31.9 Å². The maximum Gasteiger partial charge on any atom is 0.169 e. The molecule has 0 aromatic heterocycles. The van der Waals surface area contributed by atoms with Crippen molar-refractivity contribution in [1.82, 2.24) is 0 Å². The molecule has 0 bridgehead atoms. The monoisotopic (exact) mass is 282 g/mol. The number of carbonyl (C=O) groups is 1. The summed E-state index contributed by atoms with van der Waals surface area (Å²) in [7, 11) is 0. The van der Waals surface area contributed by atoms with Crippen LogP contribution in [0.1, 0.15) is 44.6 Å². The Morgan fingerprint density at radius 2 is 1.80 bits per heavy atom. The highest BCUT2D eigenvalue weighted by Gasteiger charge is 2.40. The van der Waals surface area contributed by atoms with Crippen LogP contribution in [-0.2, 0) is 16.0 Å². The predicted octanol–water partition coefficient (Wildman–Crippen LogP) is 3.82. The number of benzene rings is 1. The van der Waals surface area contributed by atoms with Crippen molar-refractivity contribution < 1.29 is 18.3 Å². The van der Waals surface area contributed by atoms with Crippen LogP contribution >= 0.6 is 0 Å². The topological polar surface area (TPSA) is 26.3 Å². The summed E-state index contributed by atoms with van der Waals surface area (Å²) < 4.78 is 33.0. The van der Waals surface area contributed by atoms with E-state index in [1.165, 1.54) is 18.2 Å². The summed E-state index contributed by atoms with van der Waals surface area (Å²) in [5.74, 6) is -1.54. The number of rotatable bonds is 5. The first-order valence-corrected chi connectivity index (χ1v) is 7.19. The Kier molecular flexibility index (Phi) is 4.86. The molecule has 1 aromatic rings. The van der Waals surface area contributed by atoms with E-state index in [9.17, 15) is 13.6 Å². The first kappa shape index (κ1) is 15.1. The molecule has 1 aliphatic rings. The van der Waals surface area contributed by atoms with Crippen LogP contribution in [-0.4, -0.2) is 18.0 Å². The number of Topliss-reactive ketones (excluding diaryl/α,β-unsaturated/α-hetero) is 1. The lowest BCUT2D eigenvalue weighted by Gasteiger charge is -2.35. The molecule has 0 spiro atoms. The van der Waals surface area contributed by atoms with Gasteiger partial charge in [-0.25, -0.2) is 8.78 Å². The molecule has 1 aromatic carbocycles. The molecule has 1 saturated carbocycles. The first-order chi connectivity index (χ1) is 9.59. The Balaban J connectivity index is 2.20. The Labute approximate surface area is 118 Å². The molecule has 0 amide bonds. The molecule has 1 aliphatic carbocycles. The van der Waals surface area contributed by atoms with E-state index >= 15 is 0 Å². The number of halogens is 2. The largest absolute Gasteiger partial charge is 0.367 e. The van der Waals surface area contributed by atoms with E-state index in [-0.39, 0.29) is 17.8 Å². The highest BCUT2D eigenvalue weighted by atomic mass is 19.1. The fourth-order valence-corrected chi connectivity index (χ4v) is 2.93. The normalized spacial score (nSPS) is 17.9. The van der Waals surface area contributed by atoms with Gasteiger partial charge in [-0.1, -0.05) is 25.3 Å². The zero-order valence-corrected chi connectivity index (χ0v) is 11.8. The lowest BCUT2D eigenvalue weighted by atomic mass is 9.79. The van der Waals surface area contributed by atoms with Crippen LogP contribution in [0, 0.1) is 11.6 Å². The number of ketones is 1. The molecular formula is C16H20F2O2. The van der Waals surface area contributed by atoms with Crippen LogP contribution in [0.15, 0.2) is 18.2 Å². The smallest absolute Gasteiger partial charge is 0.169 e. The predicted molar refractivity (Wildman–Crippen MR) is 72.5 cm³/mol. The molecule has 0 radical (unpaired) electrons. The molecule has 0 saturated heterocycles. The van der Waals surface area contributed by atoms with Crippen LogP contribution < -0.4 is 0 Å². The van der Waals surface area contributed by atoms with E-state index in [2.05, 4.69) is 0 Å². The molecular weight excluding hydrogens is 262 g/mol. The fraction of sp³-hybridized carbons (Fsp3) is 0.562. The summed E-state index contributed by atoms with van der Waals surface area (Å²) in [6.45, 7) is 2.28. The van der Waals surface area contributed by atoms with Crippen LogP contribution in [0.5, 0.6) is 0 Å². The molecule has 1 fully saturated rings. The minimum Gasteiger partial charge on any atom is -0.367 e. The second-order valence-corrected chi connectivity index (χ2v) is 5.29. The summed E-state index contributed by atoms with van der Waals surface area (Å²) in [6, 6.07) is 3.66. The van der Waals surface area contributed by atoms with Gasteiger partial charge in [-0.2, -0.15) is 0 Å². The summed E-state index contributed by atoms with van der Waals surface area (Å²) in [5, 5.41) is 0. The minimum absolute atomic E-state index is 0.151. The van der Waals surface area contributed by atoms with Crippen LogP contribution in [0.2, 0.25) is 0 Å². The second kappa shape index (κ2) is 6.44. The molecule has 0 atom stereocenters. The van der Waals surface area contributed by atoms with Gasteiger partial charge in [0.2, 0.25) is 0 Å². The summed E-state index contributed by atoms with van der Waals surface area (Å²) in [4.78, 5) is 12.5. The number of ether oxygens (including phenoxy) is 1. The van der Waals surface area contributed by atoms with Gasteiger partial charge in [0.1, 0.15) is 17.2 Å². The van der Waals surface area contributed by atoms with E-state index in [4.69, 9.17) is 4.74 Å². The Bertz CT molecular complexity index is 454. The average molecular weight is 282 g/mol. The third-order valence-electron chi connectivity index (χ3n) is 3.99. The summed E-state index contributed by atoms with van der Waals surface area (Å²) in [5.41, 5.74) is -0.996. The lowest BCUT2D eigenvalue weighted by Crippen LogP contribution is -2.44. The van der Waals surface area contributed by atoms with Crippen molar-refractivity contribution in [2.75, 3.05) is 6.61 Å². The van der Waals surface area contributed by atoms with Crippen molar-refractivity contribution in [2.24, 2.45) is 0 Å². The zero-order valence-electron chi connectivity index (χ0n) is 11.8. The molecule has 0 aliphatic heterocycles. The van der Waals surface area contributed by atoms with Crippen molar-refractivity contribution in [3.63, 3.8) is 0 Å². The van der Waals surface area contributed by atoms with Gasteiger partial charge in [0.25, 0.3) is 0 Å². The van der Waals surface area contributed by atoms with Crippen LogP contribution in [0.25, 0.3) is 0 Å². The molecule has 2 nitrogen and oxygen atoms in total. The molecule has 4 heteroatoms. The van der Waals surface area contributed by atoms with Crippen LogP contribution in [0.4, 0.5) is 8.78 Å². The maximum absolute atomic E-state index is 13.7. The second-order valence-electron chi connectivity index (χ2n) is 5.29. The first-order valence-electron chi connectivity index (χ1n) is 7.19. The zero-order chi connectivity index (χ0) is 14.6. The molecule has 2 rings (SSSR count). The molecule has 0 N–H and O–H groups in total. The fourth-order valence-electron chi connectivity index (χ4n) is 2.93. The lowest BCUT2D eigenvalue weighted by molar-refractivity contribution is -0.148. The van der Waals surface area contributed by atoms with Crippen molar-refractivity contribution in [3.05, 3.63) is 35.4 Å².